The van der Waals surface area contributed by atoms with E-state index in [-0.39, 0.29) is 0 Å². The molecule has 0 aromatic carbocycles. The van der Waals surface area contributed by atoms with Gasteiger partial charge in [0.15, 0.2) is 0 Å². The molecule has 1 aromatic rings. The minimum absolute atomic E-state index is 0.747. The third-order valence-corrected chi connectivity index (χ3v) is 4.20. The van der Waals surface area contributed by atoms with E-state index < -0.39 is 0 Å². The monoisotopic (exact) mass is 291 g/mol. The van der Waals surface area contributed by atoms with Crippen LogP contribution in [0, 0.1) is 12.8 Å². The fourth-order valence-electron chi connectivity index (χ4n) is 3.13. The molecule has 1 aromatic heterocycles. The average Bonchev–Trinajstić information content (AvgIpc) is 2.92. The normalized spacial score (nSPS) is 18.4. The molecule has 2 rings (SSSR count). The van der Waals surface area contributed by atoms with Crippen molar-refractivity contribution in [3.05, 3.63) is 23.4 Å². The molecule has 21 heavy (non-hydrogen) atoms. The summed E-state index contributed by atoms with van der Waals surface area (Å²) in [5, 5.41) is 3.36. The Balaban J connectivity index is 1.90. The Morgan fingerprint density at radius 3 is 3.05 bits per heavy atom. The number of anilines is 1. The van der Waals surface area contributed by atoms with Crippen LogP contribution >= 0.6 is 0 Å². The minimum atomic E-state index is 0.747. The Morgan fingerprint density at radius 2 is 2.33 bits per heavy atom. The van der Waals surface area contributed by atoms with Gasteiger partial charge < -0.3 is 15.0 Å². The molecular formula is C17H29N3O. The lowest BCUT2D eigenvalue weighted by atomic mass is 10.0. The molecule has 0 radical (unpaired) electrons. The highest BCUT2D eigenvalue weighted by molar-refractivity contribution is 5.48. The number of ether oxygens (including phenoxy) is 1. The van der Waals surface area contributed by atoms with Crippen molar-refractivity contribution in [2.24, 2.45) is 5.92 Å². The van der Waals surface area contributed by atoms with Crippen molar-refractivity contribution in [1.82, 2.24) is 10.3 Å². The third kappa shape index (κ3) is 4.68. The van der Waals surface area contributed by atoms with Crippen LogP contribution in [0.5, 0.6) is 0 Å². The Kier molecular flexibility index (Phi) is 6.46. The second-order valence-corrected chi connectivity index (χ2v) is 6.04. The lowest BCUT2D eigenvalue weighted by Crippen LogP contribution is -2.22. The van der Waals surface area contributed by atoms with E-state index in [0.717, 1.165) is 32.2 Å². The molecule has 2 heterocycles. The SMILES string of the molecule is CCCC1CCN(c2ncc(CNCCOC)cc2C)C1. The molecule has 1 N–H and O–H groups in total. The van der Waals surface area contributed by atoms with E-state index in [4.69, 9.17) is 9.72 Å². The molecule has 4 nitrogen and oxygen atoms in total. The number of rotatable bonds is 8. The summed E-state index contributed by atoms with van der Waals surface area (Å²) in [5.74, 6) is 2.03. The van der Waals surface area contributed by atoms with E-state index in [2.05, 4.69) is 30.1 Å². The molecule has 1 fully saturated rings. The van der Waals surface area contributed by atoms with Crippen molar-refractivity contribution in [1.29, 1.82) is 0 Å². The van der Waals surface area contributed by atoms with Crippen LogP contribution in [0.1, 0.15) is 37.3 Å². The minimum Gasteiger partial charge on any atom is -0.383 e. The number of hydrogen-bond donors (Lipinski definition) is 1. The highest BCUT2D eigenvalue weighted by Gasteiger charge is 2.23. The number of nitrogens with one attached hydrogen (secondary N) is 1. The summed E-state index contributed by atoms with van der Waals surface area (Å²) in [4.78, 5) is 7.16. The summed E-state index contributed by atoms with van der Waals surface area (Å²) in [6, 6.07) is 2.26. The quantitative estimate of drug-likeness (QED) is 0.747. The van der Waals surface area contributed by atoms with Gasteiger partial charge in [-0.25, -0.2) is 4.98 Å². The Morgan fingerprint density at radius 1 is 1.48 bits per heavy atom. The van der Waals surface area contributed by atoms with Crippen molar-refractivity contribution in [2.45, 2.75) is 39.7 Å². The van der Waals surface area contributed by atoms with E-state index >= 15 is 0 Å². The van der Waals surface area contributed by atoms with Crippen LogP contribution in [0.15, 0.2) is 12.3 Å². The molecular weight excluding hydrogens is 262 g/mol. The predicted octanol–water partition coefficient (Wildman–Crippen LogP) is 2.75. The Labute approximate surface area is 128 Å². The van der Waals surface area contributed by atoms with Crippen LogP contribution in [-0.2, 0) is 11.3 Å². The molecule has 1 saturated heterocycles. The molecule has 4 heteroatoms. The topological polar surface area (TPSA) is 37.4 Å². The summed E-state index contributed by atoms with van der Waals surface area (Å²) in [6.45, 7) is 9.26. The molecule has 1 aliphatic heterocycles. The highest BCUT2D eigenvalue weighted by Crippen LogP contribution is 2.27. The van der Waals surface area contributed by atoms with Gasteiger partial charge in [-0.3, -0.25) is 0 Å². The zero-order valence-corrected chi connectivity index (χ0v) is 13.7. The van der Waals surface area contributed by atoms with Crippen LogP contribution in [-0.4, -0.2) is 38.3 Å². The van der Waals surface area contributed by atoms with E-state index in [9.17, 15) is 0 Å². The number of hydrogen-bond acceptors (Lipinski definition) is 4. The van der Waals surface area contributed by atoms with Gasteiger partial charge in [0.05, 0.1) is 6.61 Å². The first-order chi connectivity index (χ1) is 10.2. The number of methoxy groups -OCH3 is 1. The van der Waals surface area contributed by atoms with Crippen molar-refractivity contribution in [3.63, 3.8) is 0 Å². The fourth-order valence-corrected chi connectivity index (χ4v) is 3.13. The maximum absolute atomic E-state index is 5.04. The van der Waals surface area contributed by atoms with Gasteiger partial charge in [0.1, 0.15) is 5.82 Å². The summed E-state index contributed by atoms with van der Waals surface area (Å²) >= 11 is 0. The van der Waals surface area contributed by atoms with E-state index in [1.807, 2.05) is 6.20 Å². The third-order valence-electron chi connectivity index (χ3n) is 4.20. The zero-order chi connectivity index (χ0) is 15.1. The van der Waals surface area contributed by atoms with Gasteiger partial charge >= 0.3 is 0 Å². The second-order valence-electron chi connectivity index (χ2n) is 6.04. The Bertz CT molecular complexity index is 436. The maximum Gasteiger partial charge on any atom is 0.131 e. The van der Waals surface area contributed by atoms with Gasteiger partial charge in [-0.15, -0.1) is 0 Å². The fraction of sp³-hybridized carbons (Fsp3) is 0.706. The van der Waals surface area contributed by atoms with Crippen molar-refractivity contribution >= 4 is 5.82 Å². The predicted molar refractivity (Wildman–Crippen MR) is 87.8 cm³/mol. The smallest absolute Gasteiger partial charge is 0.131 e. The van der Waals surface area contributed by atoms with E-state index in [1.54, 1.807) is 7.11 Å². The molecule has 118 valence electrons. The van der Waals surface area contributed by atoms with Crippen LogP contribution in [0.25, 0.3) is 0 Å². The molecule has 0 bridgehead atoms. The molecule has 1 aliphatic rings. The number of nitrogens with zero attached hydrogens (tertiary/aromatic N) is 2. The molecule has 0 saturated carbocycles. The van der Waals surface area contributed by atoms with E-state index in [0.29, 0.717) is 0 Å². The summed E-state index contributed by atoms with van der Waals surface area (Å²) < 4.78 is 5.04. The standard InChI is InChI=1S/C17H29N3O/c1-4-5-15-6-8-20(13-15)17-14(2)10-16(12-19-17)11-18-7-9-21-3/h10,12,15,18H,4-9,11,13H2,1-3H3. The van der Waals surface area contributed by atoms with Crippen LogP contribution in [0.4, 0.5) is 5.82 Å². The molecule has 0 spiro atoms. The number of aromatic nitrogens is 1. The van der Waals surface area contributed by atoms with Crippen LogP contribution in [0.2, 0.25) is 0 Å². The zero-order valence-electron chi connectivity index (χ0n) is 13.7. The first-order valence-electron chi connectivity index (χ1n) is 8.14. The van der Waals surface area contributed by atoms with Gasteiger partial charge in [0.2, 0.25) is 0 Å². The van der Waals surface area contributed by atoms with Gasteiger partial charge in [-0.05, 0) is 42.9 Å². The van der Waals surface area contributed by atoms with Crippen molar-refractivity contribution < 1.29 is 4.74 Å². The molecule has 1 unspecified atom stereocenters. The lowest BCUT2D eigenvalue weighted by molar-refractivity contribution is 0.199. The summed E-state index contributed by atoms with van der Waals surface area (Å²) in [5.41, 5.74) is 2.54. The van der Waals surface area contributed by atoms with Gasteiger partial charge in [-0.2, -0.15) is 0 Å². The maximum atomic E-state index is 5.04. The molecule has 0 aliphatic carbocycles. The van der Waals surface area contributed by atoms with Crippen LogP contribution < -0.4 is 10.2 Å². The van der Waals surface area contributed by atoms with Gasteiger partial charge in [-0.1, -0.05) is 13.3 Å². The average molecular weight is 291 g/mol. The molecule has 0 amide bonds. The van der Waals surface area contributed by atoms with Gasteiger partial charge in [0.25, 0.3) is 0 Å². The van der Waals surface area contributed by atoms with Crippen LogP contribution in [0.3, 0.4) is 0 Å². The summed E-state index contributed by atoms with van der Waals surface area (Å²) in [6.07, 6.45) is 5.96. The first-order valence-corrected chi connectivity index (χ1v) is 8.14. The highest BCUT2D eigenvalue weighted by atomic mass is 16.5. The summed E-state index contributed by atoms with van der Waals surface area (Å²) in [7, 11) is 1.73. The number of pyridine rings is 1. The van der Waals surface area contributed by atoms with E-state index in [1.165, 1.54) is 42.8 Å². The van der Waals surface area contributed by atoms with Crippen molar-refractivity contribution in [2.75, 3.05) is 38.3 Å². The number of aryl methyl sites for hydroxylation is 1. The first kappa shape index (κ1) is 16.2. The van der Waals surface area contributed by atoms with Crippen molar-refractivity contribution in [3.8, 4) is 0 Å². The lowest BCUT2D eigenvalue weighted by Gasteiger charge is -2.20. The largest absolute Gasteiger partial charge is 0.383 e. The Hall–Kier alpha value is -1.13. The van der Waals surface area contributed by atoms with Gasteiger partial charge in [0, 0.05) is 39.5 Å². The molecule has 1 atom stereocenters. The second kappa shape index (κ2) is 8.35.